The van der Waals surface area contributed by atoms with E-state index in [1.165, 1.54) is 0 Å². The zero-order valence-electron chi connectivity index (χ0n) is 17.3. The molecule has 0 saturated carbocycles. The minimum Gasteiger partial charge on any atom is -0.334 e. The monoisotopic (exact) mass is 393 g/mol. The van der Waals surface area contributed by atoms with Crippen LogP contribution in [0.3, 0.4) is 0 Å². The van der Waals surface area contributed by atoms with E-state index < -0.39 is 5.54 Å². The van der Waals surface area contributed by atoms with Crippen molar-refractivity contribution < 1.29 is 9.59 Å². The highest BCUT2D eigenvalue weighted by Crippen LogP contribution is 2.28. The van der Waals surface area contributed by atoms with E-state index in [-0.39, 0.29) is 11.7 Å². The Labute approximate surface area is 173 Å². The Kier molecular flexibility index (Phi) is 5.95. The van der Waals surface area contributed by atoms with Crippen LogP contribution in [-0.4, -0.2) is 59.4 Å². The number of hydrogen-bond acceptors (Lipinski definition) is 4. The van der Waals surface area contributed by atoms with Gasteiger partial charge in [0.25, 0.3) is 5.91 Å². The van der Waals surface area contributed by atoms with Crippen LogP contribution in [0.25, 0.3) is 0 Å². The molecule has 3 heterocycles. The van der Waals surface area contributed by atoms with E-state index in [2.05, 4.69) is 22.9 Å². The summed E-state index contributed by atoms with van der Waals surface area (Å²) in [5, 5.41) is 0. The molecule has 1 fully saturated rings. The number of piperidine rings is 1. The number of Topliss-reactive ketones (excluding diaryl/α,β-unsaturated/α-hetero) is 1. The topological polar surface area (TPSA) is 53.0 Å². The first-order chi connectivity index (χ1) is 14.1. The maximum Gasteiger partial charge on any atom is 0.254 e. The van der Waals surface area contributed by atoms with Gasteiger partial charge in [0.15, 0.2) is 5.78 Å². The lowest BCUT2D eigenvalue weighted by atomic mass is 9.88. The van der Waals surface area contributed by atoms with Crippen LogP contribution in [0.4, 0.5) is 0 Å². The zero-order valence-corrected chi connectivity index (χ0v) is 17.3. The van der Waals surface area contributed by atoms with Gasteiger partial charge in [0.1, 0.15) is 5.54 Å². The second-order valence-corrected chi connectivity index (χ2v) is 8.65. The van der Waals surface area contributed by atoms with Gasteiger partial charge in [-0.05, 0) is 62.1 Å². The minimum atomic E-state index is -0.624. The number of benzene rings is 1. The summed E-state index contributed by atoms with van der Waals surface area (Å²) in [4.78, 5) is 34.4. The SMILES string of the molecule is CCCCC1(C(=O)CN2CCC(CN3Cc4ccccc4C3=O)CC2)C=CC=N1. The first kappa shape index (κ1) is 20.0. The molecule has 1 aromatic carbocycles. The van der Waals surface area contributed by atoms with Gasteiger partial charge in [-0.1, -0.05) is 38.0 Å². The number of allylic oxidation sites excluding steroid dienone is 1. The molecule has 29 heavy (non-hydrogen) atoms. The summed E-state index contributed by atoms with van der Waals surface area (Å²) in [5.74, 6) is 0.902. The van der Waals surface area contributed by atoms with Crippen molar-refractivity contribution in [2.75, 3.05) is 26.2 Å². The number of fused-ring (bicyclic) bond motifs is 1. The van der Waals surface area contributed by atoms with E-state index in [0.717, 1.165) is 69.4 Å². The molecule has 1 aromatic rings. The van der Waals surface area contributed by atoms with Gasteiger partial charge in [-0.3, -0.25) is 19.5 Å². The van der Waals surface area contributed by atoms with E-state index in [4.69, 9.17) is 0 Å². The van der Waals surface area contributed by atoms with Crippen molar-refractivity contribution in [3.63, 3.8) is 0 Å². The molecule has 3 aliphatic rings. The van der Waals surface area contributed by atoms with E-state index in [1.54, 1.807) is 6.21 Å². The summed E-state index contributed by atoms with van der Waals surface area (Å²) in [6.45, 7) is 6.02. The van der Waals surface area contributed by atoms with Crippen molar-refractivity contribution in [2.24, 2.45) is 10.9 Å². The second-order valence-electron chi connectivity index (χ2n) is 8.65. The fourth-order valence-corrected chi connectivity index (χ4v) is 4.76. The van der Waals surface area contributed by atoms with Crippen LogP contribution in [0.1, 0.15) is 54.9 Å². The van der Waals surface area contributed by atoms with Crippen LogP contribution >= 0.6 is 0 Å². The molecule has 0 aromatic heterocycles. The molecule has 1 saturated heterocycles. The Bertz CT molecular complexity index is 809. The highest BCUT2D eigenvalue weighted by atomic mass is 16.2. The average Bonchev–Trinajstić information content (AvgIpc) is 3.34. The standard InChI is InChI=1S/C24H31N3O2/c1-2-3-11-24(12-6-13-25-24)22(28)18-26-14-9-19(10-15-26)16-27-17-20-7-4-5-8-21(20)23(27)29/h4-8,12-13,19H,2-3,9-11,14-18H2,1H3. The third-order valence-corrected chi connectivity index (χ3v) is 6.61. The van der Waals surface area contributed by atoms with Gasteiger partial charge in [-0.25, -0.2) is 0 Å². The maximum absolute atomic E-state index is 13.0. The number of nitrogens with zero attached hydrogens (tertiary/aromatic N) is 3. The number of carbonyl (C=O) groups is 2. The molecule has 3 aliphatic heterocycles. The largest absolute Gasteiger partial charge is 0.334 e. The molecule has 1 atom stereocenters. The third-order valence-electron chi connectivity index (χ3n) is 6.61. The summed E-state index contributed by atoms with van der Waals surface area (Å²) in [5.41, 5.74) is 1.38. The van der Waals surface area contributed by atoms with Crippen molar-refractivity contribution in [3.05, 3.63) is 47.5 Å². The van der Waals surface area contributed by atoms with Gasteiger partial charge in [0, 0.05) is 24.9 Å². The smallest absolute Gasteiger partial charge is 0.254 e. The zero-order chi connectivity index (χ0) is 20.3. The van der Waals surface area contributed by atoms with Gasteiger partial charge < -0.3 is 4.90 Å². The van der Waals surface area contributed by atoms with Crippen LogP contribution in [0.5, 0.6) is 0 Å². The second kappa shape index (κ2) is 8.62. The van der Waals surface area contributed by atoms with Crippen LogP contribution in [-0.2, 0) is 11.3 Å². The fourth-order valence-electron chi connectivity index (χ4n) is 4.76. The molecule has 1 amide bonds. The molecule has 5 nitrogen and oxygen atoms in total. The van der Waals surface area contributed by atoms with Gasteiger partial charge in [0.05, 0.1) is 6.54 Å². The van der Waals surface area contributed by atoms with Crippen LogP contribution in [0.15, 0.2) is 41.4 Å². The van der Waals surface area contributed by atoms with E-state index in [0.29, 0.717) is 12.5 Å². The molecule has 0 radical (unpaired) electrons. The van der Waals surface area contributed by atoms with Crippen molar-refractivity contribution in [3.8, 4) is 0 Å². The van der Waals surface area contributed by atoms with Gasteiger partial charge in [0.2, 0.25) is 0 Å². The number of ketones is 1. The molecule has 0 spiro atoms. The quantitative estimate of drug-likeness (QED) is 0.679. The highest BCUT2D eigenvalue weighted by Gasteiger charge is 2.37. The molecule has 0 bridgehead atoms. The maximum atomic E-state index is 13.0. The molecule has 154 valence electrons. The molecule has 4 rings (SSSR count). The summed E-state index contributed by atoms with van der Waals surface area (Å²) >= 11 is 0. The van der Waals surface area contributed by atoms with E-state index in [1.807, 2.05) is 35.3 Å². The highest BCUT2D eigenvalue weighted by molar-refractivity contribution is 5.98. The predicted molar refractivity (Wildman–Crippen MR) is 115 cm³/mol. The first-order valence-electron chi connectivity index (χ1n) is 11.0. The van der Waals surface area contributed by atoms with Gasteiger partial charge in [-0.15, -0.1) is 0 Å². The first-order valence-corrected chi connectivity index (χ1v) is 11.0. The van der Waals surface area contributed by atoms with Crippen LogP contribution < -0.4 is 0 Å². The van der Waals surface area contributed by atoms with Crippen molar-refractivity contribution in [1.29, 1.82) is 0 Å². The summed E-state index contributed by atoms with van der Waals surface area (Å²) in [6, 6.07) is 7.92. The lowest BCUT2D eigenvalue weighted by molar-refractivity contribution is -0.124. The van der Waals surface area contributed by atoms with Crippen molar-refractivity contribution in [1.82, 2.24) is 9.80 Å². The number of amides is 1. The number of unbranched alkanes of at least 4 members (excludes halogenated alkanes) is 1. The molecule has 0 aliphatic carbocycles. The Morgan fingerprint density at radius 2 is 2.03 bits per heavy atom. The summed E-state index contributed by atoms with van der Waals surface area (Å²) < 4.78 is 0. The third kappa shape index (κ3) is 4.20. The Hall–Kier alpha value is -2.27. The van der Waals surface area contributed by atoms with Gasteiger partial charge in [-0.2, -0.15) is 0 Å². The predicted octanol–water partition coefficient (Wildman–Crippen LogP) is 3.49. The lowest BCUT2D eigenvalue weighted by Gasteiger charge is -2.35. The summed E-state index contributed by atoms with van der Waals surface area (Å²) in [7, 11) is 0. The molecular formula is C24H31N3O2. The summed E-state index contributed by atoms with van der Waals surface area (Å²) in [6.07, 6.45) is 10.6. The number of carbonyl (C=O) groups excluding carboxylic acids is 2. The van der Waals surface area contributed by atoms with E-state index >= 15 is 0 Å². The number of likely N-dealkylation sites (tertiary alicyclic amines) is 1. The van der Waals surface area contributed by atoms with Gasteiger partial charge >= 0.3 is 0 Å². The average molecular weight is 394 g/mol. The Morgan fingerprint density at radius 1 is 1.24 bits per heavy atom. The minimum absolute atomic E-state index is 0.168. The number of aliphatic imine (C=N–C) groups is 1. The van der Waals surface area contributed by atoms with Crippen molar-refractivity contribution in [2.45, 2.75) is 51.1 Å². The molecule has 5 heteroatoms. The van der Waals surface area contributed by atoms with E-state index in [9.17, 15) is 9.59 Å². The van der Waals surface area contributed by atoms with Crippen molar-refractivity contribution >= 4 is 17.9 Å². The normalized spacial score (nSPS) is 24.4. The Balaban J connectivity index is 1.27. The lowest BCUT2D eigenvalue weighted by Crippen LogP contribution is -2.45. The molecule has 1 unspecified atom stereocenters. The molecular weight excluding hydrogens is 362 g/mol. The molecule has 0 N–H and O–H groups in total. The number of rotatable bonds is 8. The number of hydrogen-bond donors (Lipinski definition) is 0. The fraction of sp³-hybridized carbons (Fsp3) is 0.542. The van der Waals surface area contributed by atoms with Crippen LogP contribution in [0.2, 0.25) is 0 Å². The van der Waals surface area contributed by atoms with Crippen LogP contribution in [0, 0.1) is 5.92 Å². The Morgan fingerprint density at radius 3 is 2.72 bits per heavy atom.